The fourth-order valence-corrected chi connectivity index (χ4v) is 3.93. The van der Waals surface area contributed by atoms with E-state index < -0.39 is 29.4 Å². The first-order valence-corrected chi connectivity index (χ1v) is 10.9. The van der Waals surface area contributed by atoms with Gasteiger partial charge in [0.05, 0.1) is 11.8 Å². The number of amides is 1. The van der Waals surface area contributed by atoms with Gasteiger partial charge in [-0.25, -0.2) is 0 Å². The van der Waals surface area contributed by atoms with Gasteiger partial charge in [0.15, 0.2) is 5.78 Å². The van der Waals surface area contributed by atoms with Gasteiger partial charge in [0.2, 0.25) is 0 Å². The number of allylic oxidation sites excluding steroid dienone is 4. The third kappa shape index (κ3) is 9.19. The fraction of sp³-hybridized carbons (Fsp3) is 0.625. The average molecular weight is 436 g/mol. The summed E-state index contributed by atoms with van der Waals surface area (Å²) in [6.07, 6.45) is 5.33. The summed E-state index contributed by atoms with van der Waals surface area (Å²) in [5.41, 5.74) is 0.00860. The number of carboxylic acid groups (broad SMARTS) is 1. The van der Waals surface area contributed by atoms with Crippen LogP contribution in [-0.2, 0) is 14.4 Å². The molecule has 0 heterocycles. The quantitative estimate of drug-likeness (QED) is 0.224. The normalized spacial score (nSPS) is 23.6. The first-order chi connectivity index (χ1) is 14.3. The van der Waals surface area contributed by atoms with Gasteiger partial charge in [0.25, 0.3) is 5.91 Å². The molecule has 0 radical (unpaired) electrons. The molecule has 0 saturated carbocycles. The highest BCUT2D eigenvalue weighted by Gasteiger charge is 2.40. The van der Waals surface area contributed by atoms with E-state index >= 15 is 0 Å². The van der Waals surface area contributed by atoms with Crippen LogP contribution in [0.15, 0.2) is 35.1 Å². The molecule has 7 heteroatoms. The summed E-state index contributed by atoms with van der Waals surface area (Å²) in [5, 5.41) is 32.2. The SMILES string of the molecule is CC(C)=C[C@H](C)C[C@H](C)/C=C(\C)C(=O)NC1=C[C@](O)(CCCCC(=O)O)[C@@H](O)CC1=O. The number of hydrogen-bond acceptors (Lipinski definition) is 5. The number of aliphatic hydroxyl groups excluding tert-OH is 1. The molecule has 1 aliphatic carbocycles. The first kappa shape index (κ1) is 26.8. The van der Waals surface area contributed by atoms with Crippen LogP contribution >= 0.6 is 0 Å². The van der Waals surface area contributed by atoms with Crippen molar-refractivity contribution in [3.8, 4) is 0 Å². The summed E-state index contributed by atoms with van der Waals surface area (Å²) < 4.78 is 0. The molecule has 4 N–H and O–H groups in total. The zero-order chi connectivity index (χ0) is 23.8. The minimum absolute atomic E-state index is 0.0330. The Labute approximate surface area is 184 Å². The second kappa shape index (κ2) is 12.0. The van der Waals surface area contributed by atoms with E-state index in [1.165, 1.54) is 11.6 Å². The van der Waals surface area contributed by atoms with Gasteiger partial charge in [-0.1, -0.05) is 31.6 Å². The lowest BCUT2D eigenvalue weighted by molar-refractivity contribution is -0.137. The topological polar surface area (TPSA) is 124 Å². The van der Waals surface area contributed by atoms with E-state index in [2.05, 4.69) is 32.2 Å². The van der Waals surface area contributed by atoms with Crippen LogP contribution in [0.3, 0.4) is 0 Å². The smallest absolute Gasteiger partial charge is 0.303 e. The van der Waals surface area contributed by atoms with Crippen LogP contribution in [-0.4, -0.2) is 44.7 Å². The van der Waals surface area contributed by atoms with Crippen LogP contribution in [0.5, 0.6) is 0 Å². The molecule has 174 valence electrons. The van der Waals surface area contributed by atoms with Crippen LogP contribution in [0.1, 0.15) is 73.1 Å². The van der Waals surface area contributed by atoms with Crippen molar-refractivity contribution in [1.29, 1.82) is 0 Å². The minimum atomic E-state index is -1.68. The van der Waals surface area contributed by atoms with Gasteiger partial charge in [0.1, 0.15) is 5.60 Å². The molecule has 0 unspecified atom stereocenters. The summed E-state index contributed by atoms with van der Waals surface area (Å²) >= 11 is 0. The molecule has 0 bridgehead atoms. The molecule has 0 aromatic rings. The van der Waals surface area contributed by atoms with E-state index in [1.54, 1.807) is 6.92 Å². The van der Waals surface area contributed by atoms with E-state index in [4.69, 9.17) is 5.11 Å². The summed E-state index contributed by atoms with van der Waals surface area (Å²) in [7, 11) is 0. The third-order valence-corrected chi connectivity index (χ3v) is 5.37. The number of unbranched alkanes of at least 4 members (excludes halogenated alkanes) is 1. The standard InChI is InChI=1S/C24H37NO6/c1-15(2)10-16(3)11-17(4)12-18(5)23(30)25-19-14-24(31,21(27)13-20(19)26)9-7-6-8-22(28)29/h10,12,14,16-17,21,27,31H,6-9,11,13H2,1-5H3,(H,25,30)(H,28,29)/b18-12+/t16-,17-,21-,24+/m0/s1. The third-order valence-electron chi connectivity index (χ3n) is 5.37. The maximum Gasteiger partial charge on any atom is 0.303 e. The van der Waals surface area contributed by atoms with Crippen molar-refractivity contribution in [2.24, 2.45) is 11.8 Å². The molecule has 0 spiro atoms. The molecule has 0 aromatic heterocycles. The summed E-state index contributed by atoms with van der Waals surface area (Å²) in [6.45, 7) is 9.94. The number of hydrogen-bond donors (Lipinski definition) is 4. The molecule has 31 heavy (non-hydrogen) atoms. The summed E-state index contributed by atoms with van der Waals surface area (Å²) in [4.78, 5) is 35.5. The Kier molecular flexibility index (Phi) is 10.3. The molecular weight excluding hydrogens is 398 g/mol. The number of carboxylic acids is 1. The van der Waals surface area contributed by atoms with Crippen LogP contribution in [0.25, 0.3) is 0 Å². The number of carbonyl (C=O) groups excluding carboxylic acids is 2. The molecule has 0 aliphatic heterocycles. The molecular formula is C24H37NO6. The highest BCUT2D eigenvalue weighted by molar-refractivity contribution is 6.04. The van der Waals surface area contributed by atoms with Crippen molar-refractivity contribution >= 4 is 17.7 Å². The van der Waals surface area contributed by atoms with E-state index in [0.717, 1.165) is 6.42 Å². The largest absolute Gasteiger partial charge is 0.481 e. The lowest BCUT2D eigenvalue weighted by atomic mass is 9.82. The van der Waals surface area contributed by atoms with Crippen molar-refractivity contribution in [1.82, 2.24) is 5.32 Å². The monoisotopic (exact) mass is 435 g/mol. The molecule has 1 aliphatic rings. The Hall–Kier alpha value is -2.25. The molecule has 0 fully saturated rings. The first-order valence-electron chi connectivity index (χ1n) is 10.9. The Bertz CT molecular complexity index is 762. The lowest BCUT2D eigenvalue weighted by Gasteiger charge is -2.34. The Balaban J connectivity index is 2.82. The van der Waals surface area contributed by atoms with E-state index in [0.29, 0.717) is 24.3 Å². The van der Waals surface area contributed by atoms with Gasteiger partial charge in [-0.15, -0.1) is 0 Å². The van der Waals surface area contributed by atoms with Crippen molar-refractivity contribution < 1.29 is 29.7 Å². The molecule has 0 saturated heterocycles. The van der Waals surface area contributed by atoms with Crippen LogP contribution in [0.4, 0.5) is 0 Å². The zero-order valence-corrected chi connectivity index (χ0v) is 19.3. The lowest BCUT2D eigenvalue weighted by Crippen LogP contribution is -2.48. The number of Topliss-reactive ketones (excluding diaryl/α,β-unsaturated/α-hetero) is 1. The average Bonchev–Trinajstić information content (AvgIpc) is 2.62. The van der Waals surface area contributed by atoms with Crippen molar-refractivity contribution in [2.75, 3.05) is 0 Å². The molecule has 0 aromatic carbocycles. The number of aliphatic hydroxyl groups is 2. The van der Waals surface area contributed by atoms with Crippen molar-refractivity contribution in [3.05, 3.63) is 35.1 Å². The minimum Gasteiger partial charge on any atom is -0.481 e. The van der Waals surface area contributed by atoms with Crippen LogP contribution in [0.2, 0.25) is 0 Å². The predicted octanol–water partition coefficient (Wildman–Crippen LogP) is 3.27. The Morgan fingerprint density at radius 1 is 1.19 bits per heavy atom. The molecule has 1 amide bonds. The number of nitrogens with one attached hydrogen (secondary N) is 1. The highest BCUT2D eigenvalue weighted by Crippen LogP contribution is 2.29. The maximum atomic E-state index is 12.6. The second-order valence-corrected chi connectivity index (χ2v) is 9.03. The zero-order valence-electron chi connectivity index (χ0n) is 19.3. The van der Waals surface area contributed by atoms with E-state index in [1.807, 2.05) is 13.0 Å². The number of ketones is 1. The van der Waals surface area contributed by atoms with Gasteiger partial charge in [0, 0.05) is 18.4 Å². The number of aliphatic carboxylic acids is 1. The molecule has 7 nitrogen and oxygen atoms in total. The summed E-state index contributed by atoms with van der Waals surface area (Å²) in [5.74, 6) is -1.26. The number of carbonyl (C=O) groups is 3. The highest BCUT2D eigenvalue weighted by atomic mass is 16.4. The van der Waals surface area contributed by atoms with Gasteiger partial charge >= 0.3 is 5.97 Å². The van der Waals surface area contributed by atoms with Crippen LogP contribution < -0.4 is 5.32 Å². The second-order valence-electron chi connectivity index (χ2n) is 9.03. The van der Waals surface area contributed by atoms with Crippen molar-refractivity contribution in [3.63, 3.8) is 0 Å². The van der Waals surface area contributed by atoms with Gasteiger partial charge < -0.3 is 20.6 Å². The van der Waals surface area contributed by atoms with Crippen molar-refractivity contribution in [2.45, 2.75) is 84.8 Å². The van der Waals surface area contributed by atoms with Gasteiger partial charge in [-0.2, -0.15) is 0 Å². The van der Waals surface area contributed by atoms with E-state index in [9.17, 15) is 24.6 Å². The Morgan fingerprint density at radius 3 is 2.39 bits per heavy atom. The molecule has 1 rings (SSSR count). The summed E-state index contributed by atoms with van der Waals surface area (Å²) in [6, 6.07) is 0. The van der Waals surface area contributed by atoms with Gasteiger partial charge in [-0.3, -0.25) is 14.4 Å². The maximum absolute atomic E-state index is 12.6. The van der Waals surface area contributed by atoms with Crippen LogP contribution in [0, 0.1) is 11.8 Å². The van der Waals surface area contributed by atoms with Gasteiger partial charge in [-0.05, 0) is 64.4 Å². The predicted molar refractivity (Wildman–Crippen MR) is 119 cm³/mol. The molecule has 4 atom stereocenters. The Morgan fingerprint density at radius 2 is 1.81 bits per heavy atom. The number of rotatable bonds is 11. The fourth-order valence-electron chi connectivity index (χ4n) is 3.93. The van der Waals surface area contributed by atoms with E-state index in [-0.39, 0.29) is 30.9 Å².